The Hall–Kier alpha value is -3.34. The highest BCUT2D eigenvalue weighted by molar-refractivity contribution is 5.86. The maximum atomic E-state index is 12.5. The van der Waals surface area contributed by atoms with E-state index in [0.717, 1.165) is 35.6 Å². The first-order valence-corrected chi connectivity index (χ1v) is 12.2. The van der Waals surface area contributed by atoms with Crippen molar-refractivity contribution in [3.05, 3.63) is 71.9 Å². The number of carbonyl (C=O) groups is 1. The number of aromatic nitrogens is 1. The van der Waals surface area contributed by atoms with Crippen LogP contribution in [0.15, 0.2) is 60.8 Å². The third kappa shape index (κ3) is 5.96. The number of amides is 1. The van der Waals surface area contributed by atoms with Crippen molar-refractivity contribution < 1.29 is 9.53 Å². The zero-order chi connectivity index (χ0) is 24.1. The normalized spacial score (nSPS) is 14.4. The van der Waals surface area contributed by atoms with Crippen LogP contribution in [0.25, 0.3) is 11.1 Å². The quantitative estimate of drug-likeness (QED) is 0.445. The monoisotopic (exact) mass is 457 g/mol. The second-order valence-electron chi connectivity index (χ2n) is 10.1. The van der Waals surface area contributed by atoms with Gasteiger partial charge in [-0.3, -0.25) is 5.32 Å². The van der Waals surface area contributed by atoms with Crippen LogP contribution < -0.4 is 15.0 Å². The van der Waals surface area contributed by atoms with Gasteiger partial charge in [-0.2, -0.15) is 0 Å². The van der Waals surface area contributed by atoms with Gasteiger partial charge in [0.15, 0.2) is 0 Å². The molecule has 34 heavy (non-hydrogen) atoms. The molecule has 2 aromatic carbocycles. The molecular formula is C29H35N3O2. The summed E-state index contributed by atoms with van der Waals surface area (Å²) < 4.78 is 5.59. The van der Waals surface area contributed by atoms with E-state index in [-0.39, 0.29) is 5.41 Å². The van der Waals surface area contributed by atoms with Crippen LogP contribution in [0.5, 0.6) is 5.75 Å². The molecule has 4 rings (SSSR count). The molecular weight excluding hydrogens is 422 g/mol. The van der Waals surface area contributed by atoms with Crippen molar-refractivity contribution in [3.8, 4) is 16.9 Å². The maximum Gasteiger partial charge on any atom is 0.417 e. The predicted octanol–water partition coefficient (Wildman–Crippen LogP) is 7.35. The average molecular weight is 458 g/mol. The van der Waals surface area contributed by atoms with Crippen LogP contribution in [-0.4, -0.2) is 24.2 Å². The molecule has 0 spiro atoms. The van der Waals surface area contributed by atoms with Crippen LogP contribution in [0.3, 0.4) is 0 Å². The first-order chi connectivity index (χ1) is 16.3. The van der Waals surface area contributed by atoms with Crippen molar-refractivity contribution in [3.63, 3.8) is 0 Å². The summed E-state index contributed by atoms with van der Waals surface area (Å²) in [6.45, 7) is 10.8. The van der Waals surface area contributed by atoms with Crippen LogP contribution in [0.2, 0.25) is 0 Å². The Labute approximate surface area is 203 Å². The number of nitrogens with zero attached hydrogens (tertiary/aromatic N) is 2. The van der Waals surface area contributed by atoms with E-state index in [9.17, 15) is 4.79 Å². The van der Waals surface area contributed by atoms with Crippen molar-refractivity contribution in [1.82, 2.24) is 4.98 Å². The van der Waals surface area contributed by atoms with Crippen molar-refractivity contribution in [1.29, 1.82) is 0 Å². The highest BCUT2D eigenvalue weighted by Gasteiger charge is 2.15. The number of anilines is 2. The molecule has 0 radical (unpaired) electrons. The van der Waals surface area contributed by atoms with Crippen LogP contribution in [0.4, 0.5) is 16.3 Å². The van der Waals surface area contributed by atoms with Gasteiger partial charge in [-0.25, -0.2) is 9.78 Å². The number of rotatable bonds is 4. The number of hydrogen-bond acceptors (Lipinski definition) is 4. The molecule has 0 unspecified atom stereocenters. The van der Waals surface area contributed by atoms with E-state index in [2.05, 4.69) is 67.2 Å². The lowest BCUT2D eigenvalue weighted by Crippen LogP contribution is -2.25. The lowest BCUT2D eigenvalue weighted by atomic mass is 9.86. The number of pyridine rings is 1. The number of aryl methyl sites for hydroxylation is 1. The topological polar surface area (TPSA) is 54.5 Å². The largest absolute Gasteiger partial charge is 0.417 e. The summed E-state index contributed by atoms with van der Waals surface area (Å²) >= 11 is 0. The molecule has 1 amide bonds. The fourth-order valence-electron chi connectivity index (χ4n) is 4.32. The van der Waals surface area contributed by atoms with Gasteiger partial charge in [0.25, 0.3) is 0 Å². The summed E-state index contributed by atoms with van der Waals surface area (Å²) in [5.74, 6) is 1.47. The molecule has 5 nitrogen and oxygen atoms in total. The van der Waals surface area contributed by atoms with Crippen molar-refractivity contribution in [2.45, 2.75) is 58.8 Å². The van der Waals surface area contributed by atoms with Gasteiger partial charge in [0.1, 0.15) is 11.6 Å². The molecule has 0 aliphatic carbocycles. The second-order valence-corrected chi connectivity index (χ2v) is 10.1. The molecule has 1 aliphatic heterocycles. The Morgan fingerprint density at radius 3 is 2.26 bits per heavy atom. The lowest BCUT2D eigenvalue weighted by Gasteiger charge is -2.21. The summed E-state index contributed by atoms with van der Waals surface area (Å²) in [4.78, 5) is 19.4. The third-order valence-corrected chi connectivity index (χ3v) is 6.41. The Kier molecular flexibility index (Phi) is 7.20. The van der Waals surface area contributed by atoms with Gasteiger partial charge < -0.3 is 9.64 Å². The predicted molar refractivity (Wildman–Crippen MR) is 140 cm³/mol. The van der Waals surface area contributed by atoms with Gasteiger partial charge in [0, 0.05) is 13.1 Å². The van der Waals surface area contributed by atoms with E-state index < -0.39 is 6.09 Å². The highest BCUT2D eigenvalue weighted by Crippen LogP contribution is 2.30. The summed E-state index contributed by atoms with van der Waals surface area (Å²) in [6.07, 6.45) is 6.14. The van der Waals surface area contributed by atoms with Crippen molar-refractivity contribution in [2.24, 2.45) is 0 Å². The maximum absolute atomic E-state index is 12.5. The molecule has 1 N–H and O–H groups in total. The average Bonchev–Trinajstić information content (AvgIpc) is 3.10. The number of benzene rings is 2. The van der Waals surface area contributed by atoms with Crippen molar-refractivity contribution in [2.75, 3.05) is 23.3 Å². The number of hydrogen-bond donors (Lipinski definition) is 1. The number of nitrogens with one attached hydrogen (secondary N) is 1. The molecule has 2 heterocycles. The molecule has 0 bridgehead atoms. The fourth-order valence-corrected chi connectivity index (χ4v) is 4.32. The van der Waals surface area contributed by atoms with E-state index in [1.807, 2.05) is 30.3 Å². The lowest BCUT2D eigenvalue weighted by molar-refractivity contribution is 0.215. The Morgan fingerprint density at radius 2 is 1.65 bits per heavy atom. The Balaban J connectivity index is 1.41. The fraction of sp³-hybridized carbons (Fsp3) is 0.379. The van der Waals surface area contributed by atoms with E-state index in [0.29, 0.717) is 11.4 Å². The van der Waals surface area contributed by atoms with E-state index in [1.54, 1.807) is 6.20 Å². The number of ether oxygens (including phenoxy) is 1. The SMILES string of the molecule is Cc1ccc(OC(=O)Nc2ccc(N3CCCCCC3)nc2)cc1-c1ccc(C(C)(C)C)cc1. The van der Waals surface area contributed by atoms with Crippen LogP contribution in [-0.2, 0) is 5.41 Å². The second kappa shape index (κ2) is 10.3. The van der Waals surface area contributed by atoms with Gasteiger partial charge in [0.2, 0.25) is 0 Å². The van der Waals surface area contributed by atoms with Crippen LogP contribution in [0.1, 0.15) is 57.6 Å². The Morgan fingerprint density at radius 1 is 0.941 bits per heavy atom. The molecule has 1 fully saturated rings. The van der Waals surface area contributed by atoms with E-state index in [4.69, 9.17) is 4.74 Å². The van der Waals surface area contributed by atoms with E-state index in [1.165, 1.54) is 31.2 Å². The van der Waals surface area contributed by atoms with Gasteiger partial charge >= 0.3 is 6.09 Å². The minimum absolute atomic E-state index is 0.108. The molecule has 3 aromatic rings. The zero-order valence-electron chi connectivity index (χ0n) is 20.7. The van der Waals surface area contributed by atoms with Crippen LogP contribution >= 0.6 is 0 Å². The molecule has 1 aliphatic rings. The van der Waals surface area contributed by atoms with Crippen LogP contribution in [0, 0.1) is 6.92 Å². The highest BCUT2D eigenvalue weighted by atomic mass is 16.6. The minimum Gasteiger partial charge on any atom is -0.410 e. The van der Waals surface area contributed by atoms with E-state index >= 15 is 0 Å². The molecule has 1 aromatic heterocycles. The zero-order valence-corrected chi connectivity index (χ0v) is 20.7. The molecule has 178 valence electrons. The van der Waals surface area contributed by atoms with Gasteiger partial charge in [-0.05, 0) is 71.7 Å². The summed E-state index contributed by atoms with van der Waals surface area (Å²) in [5.41, 5.74) is 5.30. The minimum atomic E-state index is -0.526. The van der Waals surface area contributed by atoms with Gasteiger partial charge in [-0.1, -0.05) is 63.9 Å². The summed E-state index contributed by atoms with van der Waals surface area (Å²) in [5, 5.41) is 2.79. The Bertz CT molecular complexity index is 1110. The van der Waals surface area contributed by atoms with Gasteiger partial charge in [-0.15, -0.1) is 0 Å². The molecule has 1 saturated heterocycles. The third-order valence-electron chi connectivity index (χ3n) is 6.41. The van der Waals surface area contributed by atoms with Crippen molar-refractivity contribution >= 4 is 17.6 Å². The summed E-state index contributed by atoms with van der Waals surface area (Å²) in [7, 11) is 0. The molecule has 0 atom stereocenters. The molecule has 5 heteroatoms. The number of carbonyl (C=O) groups excluding carboxylic acids is 1. The van der Waals surface area contributed by atoms with Gasteiger partial charge in [0.05, 0.1) is 11.9 Å². The first-order valence-electron chi connectivity index (χ1n) is 12.2. The smallest absolute Gasteiger partial charge is 0.410 e. The first kappa shape index (κ1) is 23.8. The standard InChI is InChI=1S/C29H35N3O2/c1-21-9-15-25(19-26(21)22-10-12-23(13-11-22)29(2,3)4)34-28(33)31-24-14-16-27(30-20-24)32-17-7-5-6-8-18-32/h9-16,19-20H,5-8,17-18H2,1-4H3,(H,31,33). The molecule has 0 saturated carbocycles. The summed E-state index contributed by atoms with van der Waals surface area (Å²) in [6, 6.07) is 18.2.